The molecule has 2 fully saturated rings. The van der Waals surface area contributed by atoms with Gasteiger partial charge in [-0.25, -0.2) is 4.79 Å². The van der Waals surface area contributed by atoms with Crippen molar-refractivity contribution in [2.24, 2.45) is 0 Å². The van der Waals surface area contributed by atoms with Gasteiger partial charge in [0.25, 0.3) is 0 Å². The lowest BCUT2D eigenvalue weighted by Gasteiger charge is -2.28. The summed E-state index contributed by atoms with van der Waals surface area (Å²) in [6.07, 6.45) is 7.09. The second-order valence-electron chi connectivity index (χ2n) is 5.61. The van der Waals surface area contributed by atoms with Crippen molar-refractivity contribution in [1.29, 1.82) is 0 Å². The summed E-state index contributed by atoms with van der Waals surface area (Å²) in [4.78, 5) is 14.2. The summed E-state index contributed by atoms with van der Waals surface area (Å²) < 4.78 is 3.28. The first-order chi connectivity index (χ1) is 9.28. The number of nitrogens with zero attached hydrogens (tertiary/aromatic N) is 1. The van der Waals surface area contributed by atoms with Crippen LogP contribution in [0.1, 0.15) is 38.5 Å². The van der Waals surface area contributed by atoms with Crippen LogP contribution in [0, 0.1) is 0 Å². The van der Waals surface area contributed by atoms with E-state index in [-0.39, 0.29) is 6.03 Å². The molecule has 1 heterocycles. The second kappa shape index (κ2) is 8.26. The maximum absolute atomic E-state index is 11.8. The molecule has 0 atom stereocenters. The zero-order valence-electron chi connectivity index (χ0n) is 11.5. The molecule has 2 rings (SSSR count). The molecule has 0 radical (unpaired) electrons. The Morgan fingerprint density at radius 1 is 1.11 bits per heavy atom. The number of carbonyl (C=O) groups is 1. The van der Waals surface area contributed by atoms with Crippen LogP contribution in [0.4, 0.5) is 4.79 Å². The van der Waals surface area contributed by atoms with Gasteiger partial charge in [-0.15, -0.1) is 0 Å². The Kier molecular flexibility index (Phi) is 6.66. The first kappa shape index (κ1) is 15.3. The predicted molar refractivity (Wildman–Crippen MR) is 85.4 cm³/mol. The minimum absolute atomic E-state index is 0.00470. The third-order valence-electron chi connectivity index (χ3n) is 4.13. The Hall–Kier alpha value is -0.0800. The van der Waals surface area contributed by atoms with Crippen LogP contribution in [0.15, 0.2) is 0 Å². The number of likely N-dealkylation sites (tertiary alicyclic amines) is 1. The van der Waals surface area contributed by atoms with Crippen LogP contribution in [0.5, 0.6) is 0 Å². The highest BCUT2D eigenvalue weighted by molar-refractivity contribution is 14.1. The summed E-state index contributed by atoms with van der Waals surface area (Å²) in [5, 5.41) is 6.06. The SMILES string of the molecule is O=C(NCCN1CCCC1)NC1CCC(NI)CC1. The number of hydrogen-bond acceptors (Lipinski definition) is 3. The molecule has 0 aromatic heterocycles. The molecule has 2 amide bonds. The molecule has 5 nitrogen and oxygen atoms in total. The second-order valence-corrected chi connectivity index (χ2v) is 6.23. The lowest BCUT2D eigenvalue weighted by molar-refractivity contribution is 0.228. The Bertz CT molecular complexity index is 276. The van der Waals surface area contributed by atoms with Crippen molar-refractivity contribution in [3.8, 4) is 0 Å². The molecule has 19 heavy (non-hydrogen) atoms. The van der Waals surface area contributed by atoms with E-state index in [4.69, 9.17) is 0 Å². The first-order valence-electron chi connectivity index (χ1n) is 7.41. The van der Waals surface area contributed by atoms with Crippen LogP contribution in [0.2, 0.25) is 0 Å². The van der Waals surface area contributed by atoms with Gasteiger partial charge in [0.05, 0.1) is 0 Å². The topological polar surface area (TPSA) is 56.4 Å². The van der Waals surface area contributed by atoms with Crippen molar-refractivity contribution in [2.75, 3.05) is 26.2 Å². The molecule has 0 aromatic rings. The van der Waals surface area contributed by atoms with Gasteiger partial charge in [-0.05, 0) is 51.6 Å². The average Bonchev–Trinajstić information content (AvgIpc) is 2.93. The van der Waals surface area contributed by atoms with Crippen LogP contribution in [0.25, 0.3) is 0 Å². The van der Waals surface area contributed by atoms with Crippen LogP contribution >= 0.6 is 22.9 Å². The van der Waals surface area contributed by atoms with Crippen molar-refractivity contribution in [2.45, 2.75) is 50.6 Å². The summed E-state index contributed by atoms with van der Waals surface area (Å²) in [5.74, 6) is 0. The van der Waals surface area contributed by atoms with E-state index in [1.165, 1.54) is 25.9 Å². The lowest BCUT2D eigenvalue weighted by atomic mass is 9.92. The molecule has 1 saturated heterocycles. The highest BCUT2D eigenvalue weighted by Crippen LogP contribution is 2.19. The highest BCUT2D eigenvalue weighted by atomic mass is 127. The first-order valence-corrected chi connectivity index (χ1v) is 8.48. The molecule has 1 aliphatic heterocycles. The molecule has 2 aliphatic rings. The summed E-state index contributed by atoms with van der Waals surface area (Å²) >= 11 is 2.22. The van der Waals surface area contributed by atoms with E-state index < -0.39 is 0 Å². The van der Waals surface area contributed by atoms with E-state index in [1.807, 2.05) is 0 Å². The number of carbonyl (C=O) groups excluding carboxylic acids is 1. The maximum atomic E-state index is 11.8. The van der Waals surface area contributed by atoms with Gasteiger partial charge in [0, 0.05) is 48.0 Å². The smallest absolute Gasteiger partial charge is 0.315 e. The molecular formula is C13H25IN4O. The summed E-state index contributed by atoms with van der Waals surface area (Å²) in [6, 6.07) is 0.981. The average molecular weight is 380 g/mol. The number of rotatable bonds is 5. The van der Waals surface area contributed by atoms with E-state index in [0.29, 0.717) is 12.1 Å². The van der Waals surface area contributed by atoms with Crippen LogP contribution in [-0.4, -0.2) is 49.2 Å². The number of halogens is 1. The fraction of sp³-hybridized carbons (Fsp3) is 0.923. The van der Waals surface area contributed by atoms with Gasteiger partial charge in [-0.2, -0.15) is 0 Å². The van der Waals surface area contributed by atoms with E-state index in [2.05, 4.69) is 41.9 Å². The number of amides is 2. The Morgan fingerprint density at radius 3 is 2.37 bits per heavy atom. The zero-order valence-corrected chi connectivity index (χ0v) is 13.6. The van der Waals surface area contributed by atoms with Gasteiger partial charge in [0.1, 0.15) is 0 Å². The highest BCUT2D eigenvalue weighted by Gasteiger charge is 2.21. The van der Waals surface area contributed by atoms with Crippen LogP contribution in [-0.2, 0) is 0 Å². The Morgan fingerprint density at radius 2 is 1.74 bits per heavy atom. The van der Waals surface area contributed by atoms with Crippen molar-refractivity contribution in [3.63, 3.8) is 0 Å². The molecule has 1 saturated carbocycles. The maximum Gasteiger partial charge on any atom is 0.315 e. The van der Waals surface area contributed by atoms with Gasteiger partial charge in [0.2, 0.25) is 0 Å². The van der Waals surface area contributed by atoms with E-state index >= 15 is 0 Å². The van der Waals surface area contributed by atoms with Crippen LogP contribution in [0.3, 0.4) is 0 Å². The number of urea groups is 1. The van der Waals surface area contributed by atoms with Crippen molar-refractivity contribution >= 4 is 28.9 Å². The standard InChI is InChI=1S/C13H25IN4O/c14-17-12-5-3-11(4-6-12)16-13(19)15-7-10-18-8-1-2-9-18/h11-12,17H,1-10H2,(H2,15,16,19). The number of hydrogen-bond donors (Lipinski definition) is 3. The normalized spacial score (nSPS) is 28.3. The predicted octanol–water partition coefficient (Wildman–Crippen LogP) is 1.63. The van der Waals surface area contributed by atoms with Gasteiger partial charge < -0.3 is 15.5 Å². The summed E-state index contributed by atoms with van der Waals surface area (Å²) in [7, 11) is 0. The van der Waals surface area contributed by atoms with Crippen molar-refractivity contribution < 1.29 is 4.79 Å². The number of nitrogens with one attached hydrogen (secondary N) is 3. The molecule has 110 valence electrons. The largest absolute Gasteiger partial charge is 0.337 e. The molecule has 3 N–H and O–H groups in total. The Labute approximate surface area is 129 Å². The van der Waals surface area contributed by atoms with Gasteiger partial charge in [-0.3, -0.25) is 3.53 Å². The third kappa shape index (κ3) is 5.43. The molecule has 6 heteroatoms. The molecule has 1 aliphatic carbocycles. The third-order valence-corrected chi connectivity index (χ3v) is 5.01. The molecule has 0 bridgehead atoms. The minimum atomic E-state index is 0.00470. The monoisotopic (exact) mass is 380 g/mol. The molecule has 0 unspecified atom stereocenters. The fourth-order valence-corrected chi connectivity index (χ4v) is 3.54. The lowest BCUT2D eigenvalue weighted by Crippen LogP contribution is -2.46. The van der Waals surface area contributed by atoms with Crippen molar-refractivity contribution in [3.05, 3.63) is 0 Å². The van der Waals surface area contributed by atoms with Crippen molar-refractivity contribution in [1.82, 2.24) is 19.1 Å². The van der Waals surface area contributed by atoms with Gasteiger partial charge in [-0.1, -0.05) is 0 Å². The fourth-order valence-electron chi connectivity index (χ4n) is 2.92. The minimum Gasteiger partial charge on any atom is -0.337 e. The summed E-state index contributed by atoms with van der Waals surface area (Å²) in [6.45, 7) is 4.13. The Balaban J connectivity index is 1.54. The molecule has 0 spiro atoms. The van der Waals surface area contributed by atoms with Gasteiger partial charge >= 0.3 is 6.03 Å². The van der Waals surface area contributed by atoms with E-state index in [1.54, 1.807) is 0 Å². The van der Waals surface area contributed by atoms with Gasteiger partial charge in [0.15, 0.2) is 0 Å². The molecular weight excluding hydrogens is 355 g/mol. The molecule has 0 aromatic carbocycles. The van der Waals surface area contributed by atoms with Crippen LogP contribution < -0.4 is 14.2 Å². The summed E-state index contributed by atoms with van der Waals surface area (Å²) in [5.41, 5.74) is 0. The quantitative estimate of drug-likeness (QED) is 0.502. The van der Waals surface area contributed by atoms with E-state index in [9.17, 15) is 4.79 Å². The van der Waals surface area contributed by atoms with E-state index in [0.717, 1.165) is 38.8 Å². The zero-order chi connectivity index (χ0) is 13.5.